The van der Waals surface area contributed by atoms with Crippen LogP contribution >= 0.6 is 23.6 Å². The second kappa shape index (κ2) is 10.5. The number of nitro benzene ring substituents is 1. The summed E-state index contributed by atoms with van der Waals surface area (Å²) in [5.74, 6) is -0.515. The number of hydrogen-bond acceptors (Lipinski definition) is 9. The third kappa shape index (κ3) is 5.35. The van der Waals surface area contributed by atoms with Crippen LogP contribution in [0.3, 0.4) is 0 Å². The van der Waals surface area contributed by atoms with E-state index in [9.17, 15) is 20.0 Å². The molecule has 2 heterocycles. The van der Waals surface area contributed by atoms with Crippen LogP contribution in [-0.4, -0.2) is 52.3 Å². The van der Waals surface area contributed by atoms with Gasteiger partial charge in [-0.15, -0.1) is 11.3 Å². The van der Waals surface area contributed by atoms with Crippen LogP contribution in [0.4, 0.5) is 17.1 Å². The van der Waals surface area contributed by atoms with Crippen molar-refractivity contribution < 1.29 is 19.6 Å². The van der Waals surface area contributed by atoms with Crippen LogP contribution in [-0.2, 0) is 4.74 Å². The van der Waals surface area contributed by atoms with Gasteiger partial charge in [0.05, 0.1) is 45.2 Å². The first kappa shape index (κ1) is 24.6. The van der Waals surface area contributed by atoms with Crippen LogP contribution in [0, 0.1) is 10.1 Å². The first-order chi connectivity index (χ1) is 17.9. The molecule has 1 fully saturated rings. The van der Waals surface area contributed by atoms with Crippen molar-refractivity contribution in [3.63, 3.8) is 0 Å². The molecule has 1 aliphatic heterocycles. The fourth-order valence-electron chi connectivity index (χ4n) is 4.00. The van der Waals surface area contributed by atoms with E-state index in [1.165, 1.54) is 29.5 Å². The highest BCUT2D eigenvalue weighted by Crippen LogP contribution is 2.36. The lowest BCUT2D eigenvalue weighted by molar-refractivity contribution is -0.384. The van der Waals surface area contributed by atoms with Gasteiger partial charge in [0.1, 0.15) is 10.8 Å². The van der Waals surface area contributed by atoms with Gasteiger partial charge in [-0.1, -0.05) is 12.1 Å². The molecule has 1 aliphatic rings. The second-order valence-corrected chi connectivity index (χ2v) is 9.62. The Morgan fingerprint density at radius 1 is 1.14 bits per heavy atom. The average Bonchev–Trinajstić information content (AvgIpc) is 3.34. The van der Waals surface area contributed by atoms with Crippen molar-refractivity contribution in [2.24, 2.45) is 0 Å². The van der Waals surface area contributed by atoms with E-state index in [-0.39, 0.29) is 22.1 Å². The molecule has 3 aromatic carbocycles. The van der Waals surface area contributed by atoms with Crippen molar-refractivity contribution in [2.75, 3.05) is 36.5 Å². The summed E-state index contributed by atoms with van der Waals surface area (Å²) in [6.45, 7) is 2.11. The highest BCUT2D eigenvalue weighted by Gasteiger charge is 2.23. The fraction of sp³-hybridized carbons (Fsp3) is 0.160. The molecule has 1 aromatic heterocycles. The molecule has 1 saturated heterocycles. The lowest BCUT2D eigenvalue weighted by Gasteiger charge is -2.30. The number of nitrogens with zero attached hydrogens (tertiary/aromatic N) is 3. The number of amides is 1. The highest BCUT2D eigenvalue weighted by atomic mass is 32.1. The molecule has 37 heavy (non-hydrogen) atoms. The van der Waals surface area contributed by atoms with E-state index in [2.05, 4.69) is 15.6 Å². The first-order valence-electron chi connectivity index (χ1n) is 11.3. The van der Waals surface area contributed by atoms with Gasteiger partial charge < -0.3 is 20.1 Å². The molecule has 1 amide bonds. The second-order valence-electron chi connectivity index (χ2n) is 8.18. The Bertz CT molecular complexity index is 1480. The molecule has 0 saturated carbocycles. The third-order valence-corrected chi connectivity index (χ3v) is 7.07. The normalized spacial score (nSPS) is 13.4. The molecule has 3 N–H and O–H groups in total. The molecule has 0 bridgehead atoms. The van der Waals surface area contributed by atoms with Gasteiger partial charge in [-0.05, 0) is 48.6 Å². The van der Waals surface area contributed by atoms with Gasteiger partial charge in [-0.3, -0.25) is 20.2 Å². The Kier molecular flexibility index (Phi) is 6.95. The number of phenols is 1. The number of thiazole rings is 1. The largest absolute Gasteiger partial charge is 0.507 e. The molecule has 0 aliphatic carbocycles. The summed E-state index contributed by atoms with van der Waals surface area (Å²) in [7, 11) is 0. The Morgan fingerprint density at radius 3 is 2.68 bits per heavy atom. The van der Waals surface area contributed by atoms with Crippen LogP contribution in [0.1, 0.15) is 10.4 Å². The minimum atomic E-state index is -0.576. The van der Waals surface area contributed by atoms with Crippen molar-refractivity contribution in [3.8, 4) is 16.3 Å². The van der Waals surface area contributed by atoms with Gasteiger partial charge in [0.2, 0.25) is 0 Å². The highest BCUT2D eigenvalue weighted by molar-refractivity contribution is 7.80. The molecule has 10 nitrogen and oxygen atoms in total. The van der Waals surface area contributed by atoms with Crippen LogP contribution in [0.5, 0.6) is 5.75 Å². The molecule has 4 aromatic rings. The van der Waals surface area contributed by atoms with E-state index in [1.807, 2.05) is 29.2 Å². The quantitative estimate of drug-likeness (QED) is 0.146. The van der Waals surface area contributed by atoms with Gasteiger partial charge >= 0.3 is 0 Å². The zero-order valence-electron chi connectivity index (χ0n) is 19.3. The monoisotopic (exact) mass is 535 g/mol. The average molecular weight is 536 g/mol. The first-order valence-corrected chi connectivity index (χ1v) is 12.5. The number of morpholine rings is 1. The number of anilines is 2. The Balaban J connectivity index is 1.36. The summed E-state index contributed by atoms with van der Waals surface area (Å²) < 4.78 is 6.37. The standard InChI is InChI=1S/C25H21N5O5S2/c31-21-8-5-15(13-18(21)24-27-19-3-1-2-4-22(19)37-24)26-25(36)28-23(32)17-14-16(30(33)34)6-7-20(17)29-9-11-35-12-10-29/h1-8,13-14,31H,9-12H2,(H2,26,28,32,36). The molecular weight excluding hydrogens is 514 g/mol. The number of benzene rings is 3. The van der Waals surface area contributed by atoms with E-state index >= 15 is 0 Å². The number of carbonyl (C=O) groups excluding carboxylic acids is 1. The van der Waals surface area contributed by atoms with E-state index in [1.54, 1.807) is 18.2 Å². The number of nitro groups is 1. The smallest absolute Gasteiger partial charge is 0.270 e. The van der Waals surface area contributed by atoms with E-state index in [0.717, 1.165) is 10.2 Å². The summed E-state index contributed by atoms with van der Waals surface area (Å²) in [5.41, 5.74) is 2.40. The number of nitrogens with one attached hydrogen (secondary N) is 2. The molecule has 0 atom stereocenters. The topological polar surface area (TPSA) is 130 Å². The Labute approximate surface area is 220 Å². The number of phenolic OH excluding ortho intramolecular Hbond substituents is 1. The van der Waals surface area contributed by atoms with Gasteiger partial charge in [-0.2, -0.15) is 0 Å². The molecular formula is C25H21N5O5S2. The number of non-ortho nitro benzene ring substituents is 1. The number of aromatic hydroxyl groups is 1. The van der Waals surface area contributed by atoms with Crippen molar-refractivity contribution in [1.29, 1.82) is 0 Å². The Hall–Kier alpha value is -4.13. The van der Waals surface area contributed by atoms with Gasteiger partial charge in [0.15, 0.2) is 5.11 Å². The number of fused-ring (bicyclic) bond motifs is 1. The number of para-hydroxylation sites is 1. The molecule has 0 spiro atoms. The summed E-state index contributed by atoms with van der Waals surface area (Å²) in [6.07, 6.45) is 0. The molecule has 0 unspecified atom stereocenters. The predicted molar refractivity (Wildman–Crippen MR) is 147 cm³/mol. The van der Waals surface area contributed by atoms with Crippen LogP contribution in [0.2, 0.25) is 0 Å². The molecule has 5 rings (SSSR count). The number of thiocarbonyl (C=S) groups is 1. The maximum absolute atomic E-state index is 13.2. The fourth-order valence-corrected chi connectivity index (χ4v) is 5.21. The molecule has 12 heteroatoms. The van der Waals surface area contributed by atoms with E-state index < -0.39 is 10.8 Å². The van der Waals surface area contributed by atoms with Crippen molar-refractivity contribution in [3.05, 3.63) is 76.3 Å². The summed E-state index contributed by atoms with van der Waals surface area (Å²) in [4.78, 5) is 30.5. The van der Waals surface area contributed by atoms with Crippen LogP contribution in [0.15, 0.2) is 60.7 Å². The number of ether oxygens (including phenoxy) is 1. The summed E-state index contributed by atoms with van der Waals surface area (Å²) in [6, 6.07) is 16.7. The third-order valence-electron chi connectivity index (χ3n) is 5.79. The van der Waals surface area contributed by atoms with Crippen molar-refractivity contribution in [2.45, 2.75) is 0 Å². The SMILES string of the molecule is O=C(NC(=S)Nc1ccc(O)c(-c2nc3ccccc3s2)c1)c1cc([N+](=O)[O-])ccc1N1CCOCC1. The summed E-state index contributed by atoms with van der Waals surface area (Å²) in [5, 5.41) is 28.0. The molecule has 0 radical (unpaired) electrons. The maximum Gasteiger partial charge on any atom is 0.270 e. The van der Waals surface area contributed by atoms with Gasteiger partial charge in [-0.25, -0.2) is 4.98 Å². The predicted octanol–water partition coefficient (Wildman–Crippen LogP) is 4.54. The summed E-state index contributed by atoms with van der Waals surface area (Å²) >= 11 is 6.80. The maximum atomic E-state index is 13.2. The van der Waals surface area contributed by atoms with Crippen molar-refractivity contribution >= 4 is 61.9 Å². The van der Waals surface area contributed by atoms with Gasteiger partial charge in [0.25, 0.3) is 11.6 Å². The number of aromatic nitrogens is 1. The lowest BCUT2D eigenvalue weighted by atomic mass is 10.1. The van der Waals surface area contributed by atoms with E-state index in [0.29, 0.717) is 48.2 Å². The zero-order chi connectivity index (χ0) is 25.9. The number of rotatable bonds is 5. The lowest BCUT2D eigenvalue weighted by Crippen LogP contribution is -2.39. The van der Waals surface area contributed by atoms with Crippen LogP contribution in [0.25, 0.3) is 20.8 Å². The minimum Gasteiger partial charge on any atom is -0.507 e. The Morgan fingerprint density at radius 2 is 1.92 bits per heavy atom. The number of carbonyl (C=O) groups is 1. The van der Waals surface area contributed by atoms with Crippen LogP contribution < -0.4 is 15.5 Å². The van der Waals surface area contributed by atoms with Gasteiger partial charge in [0, 0.05) is 30.9 Å². The molecule has 188 valence electrons. The van der Waals surface area contributed by atoms with E-state index in [4.69, 9.17) is 17.0 Å². The number of hydrogen-bond donors (Lipinski definition) is 3. The zero-order valence-corrected chi connectivity index (χ0v) is 21.0. The van der Waals surface area contributed by atoms with Crippen molar-refractivity contribution in [1.82, 2.24) is 10.3 Å². The minimum absolute atomic E-state index is 0.00498.